The Labute approximate surface area is 351 Å². The van der Waals surface area contributed by atoms with Gasteiger partial charge in [0.1, 0.15) is 5.00 Å². The molecule has 0 saturated heterocycles. The summed E-state index contributed by atoms with van der Waals surface area (Å²) in [6, 6.07) is 22.5. The van der Waals surface area contributed by atoms with Crippen LogP contribution >= 0.6 is 23.7 Å². The molecule has 0 unspecified atom stereocenters. The highest BCUT2D eigenvalue weighted by atomic mass is 35.5. The van der Waals surface area contributed by atoms with Crippen LogP contribution in [0.5, 0.6) is 0 Å². The molecule has 5 rings (SSSR count). The zero-order chi connectivity index (χ0) is 40.9. The van der Waals surface area contributed by atoms with Crippen LogP contribution in [0, 0.1) is 0 Å². The third kappa shape index (κ3) is 12.7. The van der Waals surface area contributed by atoms with Crippen LogP contribution in [0.15, 0.2) is 72.8 Å². The SMILES string of the molecule is CCC(CC)N(CCc1cccc(C(=O)Nc2sc3c(c2C(=O)Nc2ccc(CCc4ccc(C(=O)O)cc4)cc2)CCCC3)c1)CCN(C)C(=O)CCC(=O)O.Cl. The first kappa shape index (κ1) is 45.7. The van der Waals surface area contributed by atoms with E-state index in [-0.39, 0.29) is 48.5 Å². The van der Waals surface area contributed by atoms with Crippen LogP contribution in [0.25, 0.3) is 0 Å². The average molecular weight is 831 g/mol. The molecule has 3 amide bonds. The summed E-state index contributed by atoms with van der Waals surface area (Å²) < 4.78 is 0. The van der Waals surface area contributed by atoms with Crippen molar-refractivity contribution in [2.24, 2.45) is 0 Å². The number of aryl methyl sites for hydroxylation is 3. The van der Waals surface area contributed by atoms with Crippen molar-refractivity contribution >= 4 is 64.1 Å². The highest BCUT2D eigenvalue weighted by molar-refractivity contribution is 7.17. The van der Waals surface area contributed by atoms with E-state index in [2.05, 4.69) is 29.4 Å². The van der Waals surface area contributed by atoms with Gasteiger partial charge in [-0.1, -0.05) is 50.2 Å². The molecule has 0 atom stereocenters. The minimum atomic E-state index is -0.983. The zero-order valence-corrected chi connectivity index (χ0v) is 35.2. The maximum Gasteiger partial charge on any atom is 0.335 e. The molecule has 0 saturated carbocycles. The first-order chi connectivity index (χ1) is 27.4. The summed E-state index contributed by atoms with van der Waals surface area (Å²) in [5.74, 6) is -2.63. The molecule has 4 N–H and O–H groups in total. The highest BCUT2D eigenvalue weighted by Crippen LogP contribution is 2.39. The fourth-order valence-corrected chi connectivity index (χ4v) is 8.63. The van der Waals surface area contributed by atoms with Gasteiger partial charge in [0.05, 0.1) is 17.5 Å². The van der Waals surface area contributed by atoms with E-state index in [0.717, 1.165) is 85.0 Å². The highest BCUT2D eigenvalue weighted by Gasteiger charge is 2.27. The molecule has 1 aromatic heterocycles. The Bertz CT molecular complexity index is 2030. The molecule has 13 heteroatoms. The third-order valence-corrected chi connectivity index (χ3v) is 12.0. The first-order valence-electron chi connectivity index (χ1n) is 19.9. The van der Waals surface area contributed by atoms with E-state index in [1.165, 1.54) is 11.3 Å². The van der Waals surface area contributed by atoms with Gasteiger partial charge >= 0.3 is 11.9 Å². The number of fused-ring (bicyclic) bond motifs is 1. The molecular formula is C45H55ClN4O7S. The van der Waals surface area contributed by atoms with Gasteiger partial charge in [0.25, 0.3) is 11.8 Å². The summed E-state index contributed by atoms with van der Waals surface area (Å²) >= 11 is 1.48. The van der Waals surface area contributed by atoms with Gasteiger partial charge in [0, 0.05) is 55.3 Å². The number of carbonyl (C=O) groups excluding carboxylic acids is 3. The van der Waals surface area contributed by atoms with E-state index in [4.69, 9.17) is 10.2 Å². The Hall–Kier alpha value is -5.04. The number of benzene rings is 3. The molecule has 11 nitrogen and oxygen atoms in total. The lowest BCUT2D eigenvalue weighted by Gasteiger charge is -2.32. The van der Waals surface area contributed by atoms with E-state index in [9.17, 15) is 24.0 Å². The van der Waals surface area contributed by atoms with Crippen LogP contribution < -0.4 is 10.6 Å². The molecule has 3 aromatic carbocycles. The lowest BCUT2D eigenvalue weighted by Crippen LogP contribution is -2.42. The number of amides is 3. The van der Waals surface area contributed by atoms with E-state index in [1.807, 2.05) is 54.6 Å². The molecule has 310 valence electrons. The molecular weight excluding hydrogens is 776 g/mol. The fraction of sp³-hybridized carbons (Fsp3) is 0.400. The van der Waals surface area contributed by atoms with Gasteiger partial charge in [0.2, 0.25) is 5.91 Å². The topological polar surface area (TPSA) is 156 Å². The van der Waals surface area contributed by atoms with Crippen molar-refractivity contribution in [1.82, 2.24) is 9.80 Å². The van der Waals surface area contributed by atoms with Gasteiger partial charge in [-0.15, -0.1) is 23.7 Å². The predicted octanol–water partition coefficient (Wildman–Crippen LogP) is 8.39. The Kier molecular flexibility index (Phi) is 17.5. The number of anilines is 2. The summed E-state index contributed by atoms with van der Waals surface area (Å²) in [5, 5.41) is 24.8. The second-order valence-corrected chi connectivity index (χ2v) is 15.8. The maximum absolute atomic E-state index is 13.9. The number of hydrogen-bond acceptors (Lipinski definition) is 7. The van der Waals surface area contributed by atoms with Gasteiger partial charge in [0.15, 0.2) is 0 Å². The number of thiophene rings is 1. The minimum absolute atomic E-state index is 0. The Morgan fingerprint density at radius 3 is 2.02 bits per heavy atom. The average Bonchev–Trinajstić information content (AvgIpc) is 3.58. The van der Waals surface area contributed by atoms with Crippen LogP contribution in [-0.4, -0.2) is 82.4 Å². The number of aromatic carboxylic acids is 1. The summed E-state index contributed by atoms with van der Waals surface area (Å²) in [6.45, 7) is 6.19. The molecule has 0 radical (unpaired) electrons. The predicted molar refractivity (Wildman–Crippen MR) is 232 cm³/mol. The zero-order valence-electron chi connectivity index (χ0n) is 33.6. The third-order valence-electron chi connectivity index (χ3n) is 10.8. The standard InChI is InChI=1S/C45H54N4O7S.ClH/c1-4-36(5-2)49(28-27-48(3)39(50)23-24-40(51)52)26-25-32-9-8-10-34(29-32)42(53)47-44-41(37-11-6-7-12-38(37)57-44)43(54)46-35-21-17-31(18-22-35)14-13-30-15-19-33(20-16-30)45(55)56;/h8-10,15-22,29,36H,4-7,11-14,23-28H2,1-3H3,(H,46,54)(H,47,53)(H,51,52)(H,55,56);1H. The second kappa shape index (κ2) is 22.2. The molecule has 4 aromatic rings. The number of nitrogens with zero attached hydrogens (tertiary/aromatic N) is 2. The Morgan fingerprint density at radius 1 is 0.724 bits per heavy atom. The summed E-state index contributed by atoms with van der Waals surface area (Å²) in [4.78, 5) is 67.3. The van der Waals surface area contributed by atoms with Crippen LogP contribution in [0.3, 0.4) is 0 Å². The van der Waals surface area contributed by atoms with Crippen molar-refractivity contribution in [3.05, 3.63) is 117 Å². The number of aliphatic carboxylic acids is 1. The largest absolute Gasteiger partial charge is 0.481 e. The second-order valence-electron chi connectivity index (χ2n) is 14.7. The lowest BCUT2D eigenvalue weighted by molar-refractivity contribution is -0.140. The Balaban J connectivity index is 0.00000744. The number of halogens is 1. The summed E-state index contributed by atoms with van der Waals surface area (Å²) in [6.07, 6.45) is 7.62. The minimum Gasteiger partial charge on any atom is -0.481 e. The molecule has 0 bridgehead atoms. The van der Waals surface area contributed by atoms with Crippen LogP contribution in [-0.2, 0) is 41.7 Å². The molecule has 1 aliphatic rings. The number of hydrogen-bond donors (Lipinski definition) is 4. The molecule has 1 aliphatic carbocycles. The molecule has 0 spiro atoms. The van der Waals surface area contributed by atoms with Crippen LogP contribution in [0.1, 0.15) is 111 Å². The van der Waals surface area contributed by atoms with E-state index in [0.29, 0.717) is 47.4 Å². The Morgan fingerprint density at radius 2 is 1.38 bits per heavy atom. The maximum atomic E-state index is 13.9. The quantitative estimate of drug-likeness (QED) is 0.0692. The monoisotopic (exact) mass is 830 g/mol. The number of nitrogens with one attached hydrogen (secondary N) is 2. The van der Waals surface area contributed by atoms with Crippen molar-refractivity contribution in [3.8, 4) is 0 Å². The van der Waals surface area contributed by atoms with Gasteiger partial charge in [-0.3, -0.25) is 24.1 Å². The number of carbonyl (C=O) groups is 5. The fourth-order valence-electron chi connectivity index (χ4n) is 7.35. The number of carboxylic acids is 2. The number of likely N-dealkylation sites (N-methyl/N-ethyl adjacent to an activating group) is 1. The smallest absolute Gasteiger partial charge is 0.335 e. The van der Waals surface area contributed by atoms with Crippen molar-refractivity contribution in [2.45, 2.75) is 90.5 Å². The van der Waals surface area contributed by atoms with Gasteiger partial charge in [-0.25, -0.2) is 4.79 Å². The van der Waals surface area contributed by atoms with E-state index in [1.54, 1.807) is 30.1 Å². The lowest BCUT2D eigenvalue weighted by atomic mass is 9.95. The van der Waals surface area contributed by atoms with Crippen molar-refractivity contribution in [1.29, 1.82) is 0 Å². The van der Waals surface area contributed by atoms with E-state index < -0.39 is 11.9 Å². The van der Waals surface area contributed by atoms with Gasteiger partial charge < -0.3 is 25.7 Å². The normalized spacial score (nSPS) is 12.1. The first-order valence-corrected chi connectivity index (χ1v) is 20.7. The van der Waals surface area contributed by atoms with Crippen molar-refractivity contribution in [2.75, 3.05) is 37.3 Å². The molecule has 1 heterocycles. The van der Waals surface area contributed by atoms with E-state index >= 15 is 0 Å². The molecule has 0 fully saturated rings. The van der Waals surface area contributed by atoms with Crippen LogP contribution in [0.2, 0.25) is 0 Å². The van der Waals surface area contributed by atoms with Gasteiger partial charge in [-0.05, 0) is 116 Å². The molecule has 0 aliphatic heterocycles. The number of rotatable bonds is 20. The summed E-state index contributed by atoms with van der Waals surface area (Å²) in [7, 11) is 1.71. The van der Waals surface area contributed by atoms with Gasteiger partial charge in [-0.2, -0.15) is 0 Å². The van der Waals surface area contributed by atoms with Crippen molar-refractivity contribution in [3.63, 3.8) is 0 Å². The molecule has 58 heavy (non-hydrogen) atoms. The number of carboxylic acid groups (broad SMARTS) is 2. The van der Waals surface area contributed by atoms with Crippen LogP contribution in [0.4, 0.5) is 10.7 Å². The summed E-state index contributed by atoms with van der Waals surface area (Å²) in [5.41, 5.74) is 6.12. The van der Waals surface area contributed by atoms with Crippen molar-refractivity contribution < 1.29 is 34.2 Å².